The minimum absolute atomic E-state index is 0.109. The third-order valence-electron chi connectivity index (χ3n) is 4.75. The lowest BCUT2D eigenvalue weighted by molar-refractivity contribution is -0.117. The molecule has 3 rings (SSSR count). The molecule has 0 aliphatic heterocycles. The number of amides is 1. The molecule has 0 spiro atoms. The summed E-state index contributed by atoms with van der Waals surface area (Å²) >= 11 is 6.14. The molecule has 1 amide bonds. The molecular weight excluding hydrogens is 420 g/mol. The van der Waals surface area contributed by atoms with Gasteiger partial charge in [0.2, 0.25) is 15.9 Å². The standard InChI is InChI=1S/C23H23ClN2O3S/c1-16-11-13-19(14-12-16)30(28,29)26-22(15-18-7-4-3-5-8-18)23(27)25-21-10-6-9-20(24)17(21)2/h3-14,22,26H,15H2,1-2H3,(H,25,27)/t22-/m1/s1. The number of carbonyl (C=O) groups excluding carboxylic acids is 1. The van der Waals surface area contributed by atoms with Crippen molar-refractivity contribution < 1.29 is 13.2 Å². The Hall–Kier alpha value is -2.67. The smallest absolute Gasteiger partial charge is 0.242 e. The summed E-state index contributed by atoms with van der Waals surface area (Å²) in [6.45, 7) is 3.67. The van der Waals surface area contributed by atoms with Crippen molar-refractivity contribution in [3.8, 4) is 0 Å². The molecule has 2 N–H and O–H groups in total. The first-order valence-corrected chi connectivity index (χ1v) is 11.3. The highest BCUT2D eigenvalue weighted by Gasteiger charge is 2.26. The van der Waals surface area contributed by atoms with E-state index >= 15 is 0 Å². The third-order valence-corrected chi connectivity index (χ3v) is 6.65. The van der Waals surface area contributed by atoms with E-state index in [1.165, 1.54) is 12.1 Å². The summed E-state index contributed by atoms with van der Waals surface area (Å²) in [4.78, 5) is 13.2. The molecular formula is C23H23ClN2O3S. The molecule has 0 aromatic heterocycles. The van der Waals surface area contributed by atoms with E-state index in [4.69, 9.17) is 11.6 Å². The van der Waals surface area contributed by atoms with Gasteiger partial charge >= 0.3 is 0 Å². The van der Waals surface area contributed by atoms with Crippen molar-refractivity contribution in [2.75, 3.05) is 5.32 Å². The van der Waals surface area contributed by atoms with Crippen LogP contribution in [0.15, 0.2) is 77.7 Å². The number of halogens is 1. The van der Waals surface area contributed by atoms with Gasteiger partial charge in [0.05, 0.1) is 4.90 Å². The van der Waals surface area contributed by atoms with Crippen LogP contribution < -0.4 is 10.0 Å². The van der Waals surface area contributed by atoms with Crippen molar-refractivity contribution in [3.05, 3.63) is 94.5 Å². The monoisotopic (exact) mass is 442 g/mol. The fourth-order valence-corrected chi connectivity index (χ4v) is 4.34. The summed E-state index contributed by atoms with van der Waals surface area (Å²) in [7, 11) is -3.89. The van der Waals surface area contributed by atoms with Gasteiger partial charge in [-0.15, -0.1) is 0 Å². The van der Waals surface area contributed by atoms with Gasteiger partial charge in [-0.25, -0.2) is 8.42 Å². The Morgan fingerprint density at radius 2 is 1.60 bits per heavy atom. The van der Waals surface area contributed by atoms with Crippen molar-refractivity contribution in [2.24, 2.45) is 0 Å². The molecule has 3 aromatic carbocycles. The van der Waals surface area contributed by atoms with Crippen LogP contribution in [-0.4, -0.2) is 20.4 Å². The van der Waals surface area contributed by atoms with Gasteiger partial charge in [-0.2, -0.15) is 4.72 Å². The van der Waals surface area contributed by atoms with E-state index in [-0.39, 0.29) is 11.3 Å². The maximum atomic E-state index is 13.1. The number of nitrogens with one attached hydrogen (secondary N) is 2. The van der Waals surface area contributed by atoms with Crippen LogP contribution in [-0.2, 0) is 21.2 Å². The normalized spacial score (nSPS) is 12.4. The van der Waals surface area contributed by atoms with E-state index in [2.05, 4.69) is 10.0 Å². The summed E-state index contributed by atoms with van der Waals surface area (Å²) in [6, 6.07) is 19.9. The van der Waals surface area contributed by atoms with Gasteiger partial charge in [-0.3, -0.25) is 4.79 Å². The zero-order chi connectivity index (χ0) is 21.7. The van der Waals surface area contributed by atoms with Crippen molar-refractivity contribution in [1.29, 1.82) is 0 Å². The summed E-state index contributed by atoms with van der Waals surface area (Å²) in [6.07, 6.45) is 0.206. The summed E-state index contributed by atoms with van der Waals surface area (Å²) < 4.78 is 28.4. The van der Waals surface area contributed by atoms with Gasteiger partial charge in [0.1, 0.15) is 6.04 Å². The molecule has 0 fully saturated rings. The lowest BCUT2D eigenvalue weighted by atomic mass is 10.1. The fraction of sp³-hybridized carbons (Fsp3) is 0.174. The Bertz CT molecular complexity index is 1130. The Morgan fingerprint density at radius 3 is 2.27 bits per heavy atom. The minimum atomic E-state index is -3.89. The van der Waals surface area contributed by atoms with Crippen LogP contribution in [0.5, 0.6) is 0 Å². The van der Waals surface area contributed by atoms with E-state index < -0.39 is 22.0 Å². The van der Waals surface area contributed by atoms with Crippen LogP contribution in [0.1, 0.15) is 16.7 Å². The van der Waals surface area contributed by atoms with Crippen LogP contribution in [0.2, 0.25) is 5.02 Å². The van der Waals surface area contributed by atoms with Crippen LogP contribution >= 0.6 is 11.6 Å². The third kappa shape index (κ3) is 5.48. The highest BCUT2D eigenvalue weighted by molar-refractivity contribution is 7.89. The van der Waals surface area contributed by atoms with Crippen LogP contribution in [0, 0.1) is 13.8 Å². The summed E-state index contributed by atoms with van der Waals surface area (Å²) in [5, 5.41) is 3.33. The van der Waals surface area contributed by atoms with Crippen molar-refractivity contribution in [3.63, 3.8) is 0 Å². The molecule has 0 saturated carbocycles. The molecule has 0 radical (unpaired) electrons. The Morgan fingerprint density at radius 1 is 0.933 bits per heavy atom. The quantitative estimate of drug-likeness (QED) is 0.566. The van der Waals surface area contributed by atoms with Gasteiger partial charge < -0.3 is 5.32 Å². The number of hydrogen-bond acceptors (Lipinski definition) is 3. The number of hydrogen-bond donors (Lipinski definition) is 2. The van der Waals surface area contributed by atoms with Crippen LogP contribution in [0.4, 0.5) is 5.69 Å². The first-order chi connectivity index (χ1) is 14.3. The van der Waals surface area contributed by atoms with Crippen LogP contribution in [0.25, 0.3) is 0 Å². The van der Waals surface area contributed by atoms with Gasteiger partial charge in [-0.05, 0) is 55.7 Å². The second-order valence-corrected chi connectivity index (χ2v) is 9.20. The molecule has 0 heterocycles. The number of sulfonamides is 1. The van der Waals surface area contributed by atoms with Gasteiger partial charge in [-0.1, -0.05) is 65.7 Å². The first kappa shape index (κ1) is 22.0. The average Bonchev–Trinajstić information content (AvgIpc) is 2.72. The van der Waals surface area contributed by atoms with Crippen LogP contribution in [0.3, 0.4) is 0 Å². The predicted molar refractivity (Wildman–Crippen MR) is 120 cm³/mol. The maximum Gasteiger partial charge on any atom is 0.242 e. The molecule has 3 aromatic rings. The second kappa shape index (κ2) is 9.43. The topological polar surface area (TPSA) is 75.3 Å². The van der Waals surface area contributed by atoms with Gasteiger partial charge in [0.15, 0.2) is 0 Å². The lowest BCUT2D eigenvalue weighted by Gasteiger charge is -2.20. The molecule has 156 valence electrons. The number of benzene rings is 3. The zero-order valence-electron chi connectivity index (χ0n) is 16.7. The number of anilines is 1. The summed E-state index contributed by atoms with van der Waals surface area (Å²) in [5.41, 5.74) is 3.04. The average molecular weight is 443 g/mol. The Balaban J connectivity index is 1.88. The summed E-state index contributed by atoms with van der Waals surface area (Å²) in [5.74, 6) is -0.458. The van der Waals surface area contributed by atoms with E-state index in [0.717, 1.165) is 11.1 Å². The van der Waals surface area contributed by atoms with E-state index in [0.29, 0.717) is 16.3 Å². The molecule has 5 nitrogen and oxygen atoms in total. The van der Waals surface area contributed by atoms with E-state index in [1.54, 1.807) is 37.3 Å². The SMILES string of the molecule is Cc1ccc(S(=O)(=O)N[C@H](Cc2ccccc2)C(=O)Nc2cccc(Cl)c2C)cc1. The molecule has 0 aliphatic rings. The van der Waals surface area contributed by atoms with Gasteiger partial charge in [0.25, 0.3) is 0 Å². The number of rotatable bonds is 7. The molecule has 30 heavy (non-hydrogen) atoms. The Kier molecular flexibility index (Phi) is 6.92. The second-order valence-electron chi connectivity index (χ2n) is 7.08. The maximum absolute atomic E-state index is 13.1. The Labute approximate surface area is 182 Å². The molecule has 0 bridgehead atoms. The largest absolute Gasteiger partial charge is 0.324 e. The zero-order valence-corrected chi connectivity index (χ0v) is 18.3. The van der Waals surface area contributed by atoms with E-state index in [1.807, 2.05) is 37.3 Å². The van der Waals surface area contributed by atoms with E-state index in [9.17, 15) is 13.2 Å². The minimum Gasteiger partial charge on any atom is -0.324 e. The molecule has 0 saturated heterocycles. The van der Waals surface area contributed by atoms with Crippen molar-refractivity contribution in [2.45, 2.75) is 31.2 Å². The highest BCUT2D eigenvalue weighted by atomic mass is 35.5. The molecule has 1 atom stereocenters. The number of aryl methyl sites for hydroxylation is 1. The van der Waals surface area contributed by atoms with Gasteiger partial charge in [0, 0.05) is 10.7 Å². The molecule has 0 aliphatic carbocycles. The predicted octanol–water partition coefficient (Wildman–Crippen LogP) is 4.49. The molecule has 7 heteroatoms. The highest BCUT2D eigenvalue weighted by Crippen LogP contribution is 2.23. The fourth-order valence-electron chi connectivity index (χ4n) is 2.97. The first-order valence-electron chi connectivity index (χ1n) is 9.45. The van der Waals surface area contributed by atoms with Crippen molar-refractivity contribution >= 4 is 33.2 Å². The molecule has 0 unspecified atom stereocenters. The van der Waals surface area contributed by atoms with Crippen molar-refractivity contribution in [1.82, 2.24) is 4.72 Å². The number of carbonyl (C=O) groups is 1. The lowest BCUT2D eigenvalue weighted by Crippen LogP contribution is -2.45.